The lowest BCUT2D eigenvalue weighted by Crippen LogP contribution is -2.32. The highest BCUT2D eigenvalue weighted by Crippen LogP contribution is 2.32. The molecule has 0 aliphatic carbocycles. The van der Waals surface area contributed by atoms with Gasteiger partial charge in [0.2, 0.25) is 0 Å². The van der Waals surface area contributed by atoms with Gasteiger partial charge in [0, 0.05) is 5.41 Å². The van der Waals surface area contributed by atoms with E-state index in [-0.39, 0.29) is 11.0 Å². The summed E-state index contributed by atoms with van der Waals surface area (Å²) in [7, 11) is 0. The molecule has 1 aliphatic heterocycles. The van der Waals surface area contributed by atoms with Crippen molar-refractivity contribution in [2.75, 3.05) is 0 Å². The van der Waals surface area contributed by atoms with Crippen molar-refractivity contribution in [1.82, 2.24) is 0 Å². The van der Waals surface area contributed by atoms with Crippen LogP contribution in [-0.4, -0.2) is 11.3 Å². The predicted molar refractivity (Wildman–Crippen MR) is 70.0 cm³/mol. The SMILES string of the molecule is CC1(C)C=CC(C)(C)C(c2ccccc2)=N1. The Labute approximate surface area is 97.9 Å². The van der Waals surface area contributed by atoms with Crippen LogP contribution >= 0.6 is 0 Å². The van der Waals surface area contributed by atoms with Crippen molar-refractivity contribution >= 4 is 5.71 Å². The molecule has 0 aromatic heterocycles. The van der Waals surface area contributed by atoms with Crippen LogP contribution in [-0.2, 0) is 0 Å². The standard InChI is InChI=1S/C15H19N/c1-14(2)10-11-15(3,4)16-13(14)12-8-6-5-7-9-12/h5-11H,1-4H3. The van der Waals surface area contributed by atoms with Gasteiger partial charge in [-0.3, -0.25) is 4.99 Å². The summed E-state index contributed by atoms with van der Waals surface area (Å²) < 4.78 is 0. The first-order valence-electron chi connectivity index (χ1n) is 5.77. The van der Waals surface area contributed by atoms with Crippen LogP contribution in [0.2, 0.25) is 0 Å². The molecule has 2 rings (SSSR count). The number of nitrogens with zero attached hydrogens (tertiary/aromatic N) is 1. The maximum atomic E-state index is 4.87. The van der Waals surface area contributed by atoms with Gasteiger partial charge in [0.1, 0.15) is 0 Å². The van der Waals surface area contributed by atoms with E-state index in [9.17, 15) is 0 Å². The van der Waals surface area contributed by atoms with Crippen LogP contribution in [0.4, 0.5) is 0 Å². The van der Waals surface area contributed by atoms with Gasteiger partial charge in [-0.25, -0.2) is 0 Å². The molecule has 16 heavy (non-hydrogen) atoms. The molecule has 0 atom stereocenters. The molecule has 0 bridgehead atoms. The molecule has 1 aromatic carbocycles. The zero-order valence-electron chi connectivity index (χ0n) is 10.5. The van der Waals surface area contributed by atoms with Crippen LogP contribution < -0.4 is 0 Å². The van der Waals surface area contributed by atoms with Crippen molar-refractivity contribution in [3.8, 4) is 0 Å². The molecular weight excluding hydrogens is 194 g/mol. The average Bonchev–Trinajstić information content (AvgIpc) is 2.24. The van der Waals surface area contributed by atoms with Gasteiger partial charge in [-0.2, -0.15) is 0 Å². The molecule has 84 valence electrons. The molecule has 0 N–H and O–H groups in total. The van der Waals surface area contributed by atoms with Crippen LogP contribution in [0.1, 0.15) is 33.3 Å². The highest BCUT2D eigenvalue weighted by molar-refractivity contribution is 6.06. The summed E-state index contributed by atoms with van der Waals surface area (Å²) in [6.07, 6.45) is 4.46. The molecule has 0 amide bonds. The minimum Gasteiger partial charge on any atom is -0.278 e. The van der Waals surface area contributed by atoms with E-state index in [0.717, 1.165) is 0 Å². The van der Waals surface area contributed by atoms with Gasteiger partial charge in [0.25, 0.3) is 0 Å². The molecule has 0 saturated heterocycles. The first-order valence-corrected chi connectivity index (χ1v) is 5.77. The fraction of sp³-hybridized carbons (Fsp3) is 0.400. The molecule has 0 radical (unpaired) electrons. The van der Waals surface area contributed by atoms with Crippen molar-refractivity contribution in [3.63, 3.8) is 0 Å². The van der Waals surface area contributed by atoms with Crippen LogP contribution in [0.5, 0.6) is 0 Å². The minimum absolute atomic E-state index is 0.0247. The summed E-state index contributed by atoms with van der Waals surface area (Å²) in [4.78, 5) is 4.87. The number of allylic oxidation sites excluding steroid dienone is 1. The molecule has 1 aromatic rings. The van der Waals surface area contributed by atoms with E-state index in [2.05, 4.69) is 64.1 Å². The molecular formula is C15H19N. The third-order valence-electron chi connectivity index (χ3n) is 2.97. The molecule has 0 saturated carbocycles. The van der Waals surface area contributed by atoms with Crippen LogP contribution in [0.25, 0.3) is 0 Å². The van der Waals surface area contributed by atoms with Crippen LogP contribution in [0.3, 0.4) is 0 Å². The highest BCUT2D eigenvalue weighted by atomic mass is 14.9. The second-order valence-electron chi connectivity index (χ2n) is 5.54. The Morgan fingerprint density at radius 1 is 0.875 bits per heavy atom. The Bertz CT molecular complexity index is 436. The van der Waals surface area contributed by atoms with E-state index in [1.807, 2.05) is 6.07 Å². The summed E-state index contributed by atoms with van der Waals surface area (Å²) in [5.41, 5.74) is 2.35. The summed E-state index contributed by atoms with van der Waals surface area (Å²) >= 11 is 0. The zero-order chi connectivity index (χ0) is 11.8. The molecule has 0 spiro atoms. The van der Waals surface area contributed by atoms with Crippen LogP contribution in [0.15, 0.2) is 47.5 Å². The second-order valence-corrected chi connectivity index (χ2v) is 5.54. The first kappa shape index (κ1) is 11.1. The maximum absolute atomic E-state index is 4.87. The van der Waals surface area contributed by atoms with E-state index >= 15 is 0 Å². The number of hydrogen-bond acceptors (Lipinski definition) is 1. The van der Waals surface area contributed by atoms with Gasteiger partial charge >= 0.3 is 0 Å². The van der Waals surface area contributed by atoms with Crippen molar-refractivity contribution in [1.29, 1.82) is 0 Å². The number of dihydropyridines is 1. The van der Waals surface area contributed by atoms with Gasteiger partial charge in [-0.05, 0) is 19.4 Å². The summed E-state index contributed by atoms with van der Waals surface area (Å²) in [5.74, 6) is 0. The van der Waals surface area contributed by atoms with Crippen molar-refractivity contribution < 1.29 is 0 Å². The third kappa shape index (κ3) is 2.08. The molecule has 0 fully saturated rings. The maximum Gasteiger partial charge on any atom is 0.0735 e. The van der Waals surface area contributed by atoms with E-state index in [0.29, 0.717) is 0 Å². The Morgan fingerprint density at radius 3 is 2.12 bits per heavy atom. The lowest BCUT2D eigenvalue weighted by molar-refractivity contribution is 0.575. The highest BCUT2D eigenvalue weighted by Gasteiger charge is 2.30. The number of benzene rings is 1. The Hall–Kier alpha value is -1.37. The molecule has 1 nitrogen and oxygen atoms in total. The normalized spacial score (nSPS) is 21.6. The van der Waals surface area contributed by atoms with Gasteiger partial charge in [0.05, 0.1) is 11.3 Å². The van der Waals surface area contributed by atoms with Gasteiger partial charge < -0.3 is 0 Å². The van der Waals surface area contributed by atoms with Gasteiger partial charge in [0.15, 0.2) is 0 Å². The van der Waals surface area contributed by atoms with Crippen LogP contribution in [0, 0.1) is 5.41 Å². The Morgan fingerprint density at radius 2 is 1.50 bits per heavy atom. The largest absolute Gasteiger partial charge is 0.278 e. The quantitative estimate of drug-likeness (QED) is 0.628. The fourth-order valence-electron chi connectivity index (χ4n) is 1.99. The van der Waals surface area contributed by atoms with E-state index in [1.165, 1.54) is 11.3 Å². The fourth-order valence-corrected chi connectivity index (χ4v) is 1.99. The number of hydrogen-bond donors (Lipinski definition) is 0. The molecule has 1 heteroatoms. The monoisotopic (exact) mass is 213 g/mol. The zero-order valence-corrected chi connectivity index (χ0v) is 10.5. The van der Waals surface area contributed by atoms with Gasteiger partial charge in [-0.15, -0.1) is 0 Å². The summed E-state index contributed by atoms with van der Waals surface area (Å²) in [6.45, 7) is 8.71. The topological polar surface area (TPSA) is 12.4 Å². The number of rotatable bonds is 1. The number of aliphatic imine (C=N–C) groups is 1. The Kier molecular flexibility index (Phi) is 2.49. The average molecular weight is 213 g/mol. The smallest absolute Gasteiger partial charge is 0.0735 e. The first-order chi connectivity index (χ1) is 7.41. The van der Waals surface area contributed by atoms with Crippen molar-refractivity contribution in [2.45, 2.75) is 33.2 Å². The van der Waals surface area contributed by atoms with E-state index in [1.54, 1.807) is 0 Å². The molecule has 1 heterocycles. The van der Waals surface area contributed by atoms with Crippen molar-refractivity contribution in [3.05, 3.63) is 48.0 Å². The second kappa shape index (κ2) is 3.58. The summed E-state index contributed by atoms with van der Waals surface area (Å²) in [6, 6.07) is 10.4. The van der Waals surface area contributed by atoms with E-state index < -0.39 is 0 Å². The lowest BCUT2D eigenvalue weighted by atomic mass is 9.79. The van der Waals surface area contributed by atoms with E-state index in [4.69, 9.17) is 4.99 Å². The summed E-state index contributed by atoms with van der Waals surface area (Å²) in [5, 5.41) is 0. The molecule has 1 aliphatic rings. The molecule has 0 unspecified atom stereocenters. The Balaban J connectivity index is 2.50. The third-order valence-corrected chi connectivity index (χ3v) is 2.97. The minimum atomic E-state index is -0.0826. The van der Waals surface area contributed by atoms with Gasteiger partial charge in [-0.1, -0.05) is 56.3 Å². The lowest BCUT2D eigenvalue weighted by Gasteiger charge is -2.32. The predicted octanol–water partition coefficient (Wildman–Crippen LogP) is 3.85. The van der Waals surface area contributed by atoms with Crippen molar-refractivity contribution in [2.24, 2.45) is 10.4 Å².